The topological polar surface area (TPSA) is 228 Å². The van der Waals surface area contributed by atoms with Crippen molar-refractivity contribution in [3.63, 3.8) is 0 Å². The van der Waals surface area contributed by atoms with E-state index >= 15 is 0 Å². The van der Waals surface area contributed by atoms with E-state index in [-0.39, 0.29) is 12.5 Å². The van der Waals surface area contributed by atoms with E-state index in [1.807, 2.05) is 0 Å². The molecule has 2 heterocycles. The maximum Gasteiger partial charge on any atom is 0.220 e. The first kappa shape index (κ1) is 95.0. The third-order valence-corrected chi connectivity index (χ3v) is 21.3. The second kappa shape index (κ2) is 70.9. The van der Waals surface area contributed by atoms with Crippen LogP contribution in [0.15, 0.2) is 48.6 Å². The van der Waals surface area contributed by atoms with Crippen LogP contribution in [0.1, 0.15) is 406 Å². The van der Waals surface area contributed by atoms with E-state index in [1.54, 1.807) is 0 Å². The number of aliphatic hydroxyl groups excluding tert-OH is 8. The lowest BCUT2D eigenvalue weighted by molar-refractivity contribution is -0.359. The van der Waals surface area contributed by atoms with Gasteiger partial charge in [-0.15, -0.1) is 0 Å². The molecule has 12 unspecified atom stereocenters. The second-order valence-corrected chi connectivity index (χ2v) is 30.6. The zero-order chi connectivity index (χ0) is 73.0. The van der Waals surface area contributed by atoms with Gasteiger partial charge < -0.3 is 65.1 Å². The van der Waals surface area contributed by atoms with Crippen molar-refractivity contribution >= 4 is 5.91 Å². The number of carbonyl (C=O) groups is 1. The number of aliphatic hydroxyl groups is 8. The minimum Gasteiger partial charge on any atom is -0.394 e. The van der Waals surface area contributed by atoms with Crippen LogP contribution in [0.4, 0.5) is 0 Å². The maximum atomic E-state index is 13.4. The highest BCUT2D eigenvalue weighted by molar-refractivity contribution is 5.76. The maximum absolute atomic E-state index is 13.4. The van der Waals surface area contributed by atoms with E-state index in [1.165, 1.54) is 302 Å². The first-order chi connectivity index (χ1) is 49.6. The van der Waals surface area contributed by atoms with E-state index in [0.717, 1.165) is 77.0 Å². The number of ether oxygens (including phenoxy) is 4. The van der Waals surface area contributed by atoms with Gasteiger partial charge in [-0.3, -0.25) is 4.79 Å². The summed E-state index contributed by atoms with van der Waals surface area (Å²) in [5.41, 5.74) is 0. The van der Waals surface area contributed by atoms with Crippen molar-refractivity contribution in [2.24, 2.45) is 0 Å². The Balaban J connectivity index is 1.56. The Bertz CT molecular complexity index is 1880. The Morgan fingerprint density at radius 2 is 0.683 bits per heavy atom. The van der Waals surface area contributed by atoms with E-state index in [2.05, 4.69) is 67.8 Å². The van der Waals surface area contributed by atoms with Gasteiger partial charge in [-0.05, 0) is 51.4 Å². The van der Waals surface area contributed by atoms with Crippen LogP contribution in [0.5, 0.6) is 0 Å². The van der Waals surface area contributed by atoms with Crippen LogP contribution in [0.2, 0.25) is 0 Å². The predicted molar refractivity (Wildman–Crippen MR) is 420 cm³/mol. The number of nitrogens with one attached hydrogen (secondary N) is 1. The van der Waals surface area contributed by atoms with Crippen LogP contribution < -0.4 is 5.32 Å². The molecule has 1 amide bonds. The predicted octanol–water partition coefficient (Wildman–Crippen LogP) is 20.5. The number of hydrogen-bond acceptors (Lipinski definition) is 13. The Labute approximate surface area is 620 Å². The summed E-state index contributed by atoms with van der Waals surface area (Å²) < 4.78 is 23.0. The van der Waals surface area contributed by atoms with E-state index < -0.39 is 86.8 Å². The molecular weight excluding hydrogens is 1270 g/mol. The Morgan fingerprint density at radius 1 is 0.366 bits per heavy atom. The lowest BCUT2D eigenvalue weighted by Crippen LogP contribution is -2.65. The fourth-order valence-corrected chi connectivity index (χ4v) is 14.5. The summed E-state index contributed by atoms with van der Waals surface area (Å²) >= 11 is 0. The molecule has 594 valence electrons. The second-order valence-electron chi connectivity index (χ2n) is 30.6. The average Bonchev–Trinajstić information content (AvgIpc) is 0.792. The first-order valence-corrected chi connectivity index (χ1v) is 43.4. The molecule has 0 aromatic carbocycles. The molecule has 2 saturated heterocycles. The van der Waals surface area contributed by atoms with Crippen molar-refractivity contribution in [2.45, 2.75) is 479 Å². The third kappa shape index (κ3) is 53.4. The summed E-state index contributed by atoms with van der Waals surface area (Å²) in [6.45, 7) is 2.82. The molecule has 0 saturated carbocycles. The van der Waals surface area contributed by atoms with Gasteiger partial charge in [0.15, 0.2) is 12.6 Å². The number of carbonyl (C=O) groups excluding carboxylic acids is 1. The van der Waals surface area contributed by atoms with Crippen LogP contribution in [-0.4, -0.2) is 140 Å². The van der Waals surface area contributed by atoms with Gasteiger partial charge in [-0.2, -0.15) is 0 Å². The van der Waals surface area contributed by atoms with Gasteiger partial charge in [0.2, 0.25) is 5.91 Å². The summed E-state index contributed by atoms with van der Waals surface area (Å²) in [5.74, 6) is -0.197. The fourth-order valence-electron chi connectivity index (χ4n) is 14.5. The highest BCUT2D eigenvalue weighted by Crippen LogP contribution is 2.31. The average molecular weight is 1430 g/mol. The van der Waals surface area contributed by atoms with Crippen molar-refractivity contribution in [1.29, 1.82) is 0 Å². The summed E-state index contributed by atoms with van der Waals surface area (Å²) in [7, 11) is 0. The van der Waals surface area contributed by atoms with E-state index in [0.29, 0.717) is 12.8 Å². The van der Waals surface area contributed by atoms with Crippen LogP contribution in [0, 0.1) is 0 Å². The fraction of sp³-hybridized carbons (Fsp3) is 0.897. The van der Waals surface area contributed by atoms with Crippen LogP contribution in [0.3, 0.4) is 0 Å². The standard InChI is InChI=1S/C87H163NO13/c1-3-5-7-9-11-13-15-17-19-21-23-25-27-29-31-33-35-36-37-38-39-40-41-43-45-47-49-51-53-55-57-59-61-63-65-67-69-71-79(92)88-75(74-98-86-84(97)82(95)85(78(73-90)100-86)101-87-83(96)81(94)80(93)77(72-89)99-87)76(91)70-68-66-64-62-60-58-56-54-52-50-48-46-44-42-34-32-30-28-26-24-22-20-18-16-14-12-10-8-6-4-2/h5,7,11,13,17,19,23,25,75-78,80-87,89-91,93-97H,3-4,6,8-10,12,14-16,18,20-22,24,26-74H2,1-2H3,(H,88,92)/b7-5-,13-11-,19-17-,25-23-. The van der Waals surface area contributed by atoms with Crippen LogP contribution in [0.25, 0.3) is 0 Å². The summed E-state index contributed by atoms with van der Waals surface area (Å²) in [6, 6.07) is -0.830. The molecule has 0 aromatic rings. The molecule has 14 heteroatoms. The first-order valence-electron chi connectivity index (χ1n) is 43.4. The molecule has 101 heavy (non-hydrogen) atoms. The van der Waals surface area contributed by atoms with Crippen LogP contribution in [-0.2, 0) is 23.7 Å². The number of rotatable bonds is 74. The molecule has 2 aliphatic heterocycles. The molecule has 0 radical (unpaired) electrons. The molecule has 2 rings (SSSR count). The molecule has 0 bridgehead atoms. The number of hydrogen-bond donors (Lipinski definition) is 9. The van der Waals surface area contributed by atoms with Gasteiger partial charge in [0.25, 0.3) is 0 Å². The zero-order valence-corrected chi connectivity index (χ0v) is 65.4. The highest BCUT2D eigenvalue weighted by atomic mass is 16.7. The molecule has 2 fully saturated rings. The summed E-state index contributed by atoms with van der Waals surface area (Å²) in [4.78, 5) is 13.4. The van der Waals surface area contributed by atoms with Crippen molar-refractivity contribution < 1.29 is 64.6 Å². The van der Waals surface area contributed by atoms with Gasteiger partial charge in [-0.1, -0.05) is 396 Å². The Hall–Kier alpha value is -2.05. The van der Waals surface area contributed by atoms with E-state index in [4.69, 9.17) is 18.9 Å². The highest BCUT2D eigenvalue weighted by Gasteiger charge is 2.51. The summed E-state index contributed by atoms with van der Waals surface area (Å²) in [5, 5.41) is 88.0. The van der Waals surface area contributed by atoms with Crippen molar-refractivity contribution in [1.82, 2.24) is 5.32 Å². The molecule has 2 aliphatic rings. The molecular formula is C87H163NO13. The van der Waals surface area contributed by atoms with Crippen LogP contribution >= 0.6 is 0 Å². The lowest BCUT2D eigenvalue weighted by atomic mass is 9.97. The molecule has 0 aromatic heterocycles. The normalized spacial score (nSPS) is 21.9. The zero-order valence-electron chi connectivity index (χ0n) is 65.4. The number of allylic oxidation sites excluding steroid dienone is 8. The minimum absolute atomic E-state index is 0.197. The largest absolute Gasteiger partial charge is 0.394 e. The van der Waals surface area contributed by atoms with Gasteiger partial charge >= 0.3 is 0 Å². The van der Waals surface area contributed by atoms with E-state index in [9.17, 15) is 45.6 Å². The smallest absolute Gasteiger partial charge is 0.220 e. The monoisotopic (exact) mass is 1430 g/mol. The van der Waals surface area contributed by atoms with Crippen molar-refractivity contribution in [3.05, 3.63) is 48.6 Å². The van der Waals surface area contributed by atoms with Gasteiger partial charge in [0, 0.05) is 6.42 Å². The third-order valence-electron chi connectivity index (χ3n) is 21.3. The number of amides is 1. The van der Waals surface area contributed by atoms with Gasteiger partial charge in [0.1, 0.15) is 48.8 Å². The molecule has 14 nitrogen and oxygen atoms in total. The lowest BCUT2D eigenvalue weighted by Gasteiger charge is -2.46. The van der Waals surface area contributed by atoms with Crippen molar-refractivity contribution in [3.8, 4) is 0 Å². The van der Waals surface area contributed by atoms with Gasteiger partial charge in [-0.25, -0.2) is 0 Å². The molecule has 9 N–H and O–H groups in total. The molecule has 0 spiro atoms. The minimum atomic E-state index is -1.78. The SMILES string of the molecule is CC/C=C\C/C=C\C/C=C\C/C=C\CCCCCCCCCCCCCCCCCCCCCCCCCCC(=O)NC(COC1OC(CO)C(OC2OC(CO)C(O)C(O)C2O)C(O)C1O)C(O)CCCCCCCCCCCCCCCCCCCCCCCCCCCCCCCC. The number of unbranched alkanes of at least 4 members (excludes halogenated alkanes) is 53. The molecule has 0 aliphatic carbocycles. The summed E-state index contributed by atoms with van der Waals surface area (Å²) in [6.07, 6.45) is 78.9. The van der Waals surface area contributed by atoms with Gasteiger partial charge in [0.05, 0.1) is 32.0 Å². The Morgan fingerprint density at radius 3 is 1.05 bits per heavy atom. The quantitative estimate of drug-likeness (QED) is 0.0204. The molecule has 12 atom stereocenters. The van der Waals surface area contributed by atoms with Crippen molar-refractivity contribution in [2.75, 3.05) is 19.8 Å². The Kier molecular flexibility index (Phi) is 66.7.